The summed E-state index contributed by atoms with van der Waals surface area (Å²) in [6, 6.07) is 18.7. The number of anilines is 1. The number of carbonyl (C=O) groups excluding carboxylic acids is 1. The largest absolute Gasteiger partial charge is 0.367 e. The van der Waals surface area contributed by atoms with Crippen molar-refractivity contribution >= 4 is 35.0 Å². The van der Waals surface area contributed by atoms with E-state index in [9.17, 15) is 9.59 Å². The topological polar surface area (TPSA) is 42.3 Å². The van der Waals surface area contributed by atoms with Crippen LogP contribution in [-0.4, -0.2) is 16.9 Å². The normalized spacial score (nSPS) is 12.9. The maximum atomic E-state index is 12.7. The van der Waals surface area contributed by atoms with Crippen LogP contribution in [0.4, 0.5) is 5.69 Å². The van der Waals surface area contributed by atoms with E-state index in [0.717, 1.165) is 24.3 Å². The van der Waals surface area contributed by atoms with E-state index in [1.165, 1.54) is 16.9 Å². The Morgan fingerprint density at radius 2 is 1.71 bits per heavy atom. The van der Waals surface area contributed by atoms with Crippen LogP contribution in [0.15, 0.2) is 59.4 Å². The van der Waals surface area contributed by atoms with Gasteiger partial charge >= 0.3 is 0 Å². The molecular formula is C26H30N2O2S. The van der Waals surface area contributed by atoms with Gasteiger partial charge in [-0.05, 0) is 36.3 Å². The lowest BCUT2D eigenvalue weighted by atomic mass is 9.91. The van der Waals surface area contributed by atoms with Crippen LogP contribution in [-0.2, 0) is 18.4 Å². The van der Waals surface area contributed by atoms with Crippen molar-refractivity contribution in [3.05, 3.63) is 85.3 Å². The Kier molecular flexibility index (Phi) is 6.96. The van der Waals surface area contributed by atoms with Crippen LogP contribution >= 0.6 is 11.3 Å². The van der Waals surface area contributed by atoms with Gasteiger partial charge < -0.3 is 9.47 Å². The predicted molar refractivity (Wildman–Crippen MR) is 131 cm³/mol. The summed E-state index contributed by atoms with van der Waals surface area (Å²) < 4.78 is 2.85. The molecule has 3 aromatic rings. The quantitative estimate of drug-likeness (QED) is 0.594. The molecule has 0 atom stereocenters. The van der Waals surface area contributed by atoms with Gasteiger partial charge in [-0.15, -0.1) is 11.3 Å². The fourth-order valence-electron chi connectivity index (χ4n) is 3.16. The predicted octanol–water partition coefficient (Wildman–Crippen LogP) is 3.70. The number of thiazole rings is 1. The standard InChI is InChI=1S/C26H30N2O2S/c1-6-28(18-20-10-8-7-9-11-20)21-14-12-19(13-15-21)16-22-25(30)27(5)24(31-22)17-23(29)26(2,3)4/h7-17H,6,18H2,1-5H3/b22-16-,24-17-. The fourth-order valence-corrected chi connectivity index (χ4v) is 4.19. The van der Waals surface area contributed by atoms with Crippen molar-refractivity contribution in [1.29, 1.82) is 0 Å². The molecule has 31 heavy (non-hydrogen) atoms. The van der Waals surface area contributed by atoms with Crippen molar-refractivity contribution < 1.29 is 4.79 Å². The summed E-state index contributed by atoms with van der Waals surface area (Å²) in [5.74, 6) is 0.0123. The summed E-state index contributed by atoms with van der Waals surface area (Å²) >= 11 is 1.35. The van der Waals surface area contributed by atoms with Gasteiger partial charge in [0.25, 0.3) is 5.56 Å². The molecule has 1 aromatic heterocycles. The molecule has 0 amide bonds. The molecule has 0 fully saturated rings. The van der Waals surface area contributed by atoms with E-state index < -0.39 is 5.41 Å². The van der Waals surface area contributed by atoms with Crippen LogP contribution in [0.5, 0.6) is 0 Å². The SMILES string of the molecule is CCN(Cc1ccccc1)c1ccc(/C=c2\s/c(=C\C(=O)C(C)(C)C)n(C)c2=O)cc1. The first-order chi connectivity index (χ1) is 14.7. The molecule has 1 heterocycles. The van der Waals surface area contributed by atoms with Crippen molar-refractivity contribution in [3.8, 4) is 0 Å². The molecule has 162 valence electrons. The van der Waals surface area contributed by atoms with Crippen LogP contribution in [0.1, 0.15) is 38.8 Å². The van der Waals surface area contributed by atoms with Crippen LogP contribution in [0.25, 0.3) is 12.2 Å². The van der Waals surface area contributed by atoms with Gasteiger partial charge in [0.05, 0.1) is 4.53 Å². The number of aromatic nitrogens is 1. The summed E-state index contributed by atoms with van der Waals surface area (Å²) in [4.78, 5) is 27.3. The lowest BCUT2D eigenvalue weighted by Gasteiger charge is -2.23. The first-order valence-corrected chi connectivity index (χ1v) is 11.3. The van der Waals surface area contributed by atoms with E-state index in [-0.39, 0.29) is 11.3 Å². The molecule has 0 saturated carbocycles. The Bertz CT molecular complexity index is 1210. The highest BCUT2D eigenvalue weighted by molar-refractivity contribution is 7.07. The average molecular weight is 435 g/mol. The lowest BCUT2D eigenvalue weighted by Crippen LogP contribution is -2.30. The molecular weight excluding hydrogens is 404 g/mol. The molecule has 0 aliphatic heterocycles. The highest BCUT2D eigenvalue weighted by atomic mass is 32.1. The van der Waals surface area contributed by atoms with Crippen molar-refractivity contribution in [2.75, 3.05) is 11.4 Å². The average Bonchev–Trinajstić information content (AvgIpc) is 3.00. The molecule has 0 aliphatic rings. The first-order valence-electron chi connectivity index (χ1n) is 10.5. The molecule has 0 unspecified atom stereocenters. The zero-order valence-corrected chi connectivity index (χ0v) is 19.7. The molecule has 0 bridgehead atoms. The van der Waals surface area contributed by atoms with E-state index in [2.05, 4.69) is 48.2 Å². The van der Waals surface area contributed by atoms with E-state index in [0.29, 0.717) is 9.20 Å². The minimum Gasteiger partial charge on any atom is -0.367 e. The number of ketones is 1. The number of benzene rings is 2. The second-order valence-electron chi connectivity index (χ2n) is 8.66. The third-order valence-corrected chi connectivity index (χ3v) is 6.32. The Morgan fingerprint density at radius 1 is 1.06 bits per heavy atom. The van der Waals surface area contributed by atoms with E-state index in [1.807, 2.05) is 45.0 Å². The van der Waals surface area contributed by atoms with Gasteiger partial charge in [-0.1, -0.05) is 63.2 Å². The van der Waals surface area contributed by atoms with E-state index in [4.69, 9.17) is 0 Å². The Balaban J connectivity index is 1.88. The second-order valence-corrected chi connectivity index (χ2v) is 9.73. The number of Topliss-reactive ketones (excluding diaryl/α,β-unsaturated/α-hetero) is 1. The monoisotopic (exact) mass is 434 g/mol. The van der Waals surface area contributed by atoms with Crippen molar-refractivity contribution in [3.63, 3.8) is 0 Å². The Morgan fingerprint density at radius 3 is 2.29 bits per heavy atom. The maximum Gasteiger partial charge on any atom is 0.268 e. The molecule has 0 N–H and O–H groups in total. The highest BCUT2D eigenvalue weighted by Gasteiger charge is 2.19. The summed E-state index contributed by atoms with van der Waals surface area (Å²) in [5.41, 5.74) is 2.83. The second kappa shape index (κ2) is 9.48. The zero-order chi connectivity index (χ0) is 22.6. The minimum atomic E-state index is -0.468. The maximum absolute atomic E-state index is 12.7. The smallest absolute Gasteiger partial charge is 0.268 e. The number of nitrogens with zero attached hydrogens (tertiary/aromatic N) is 2. The van der Waals surface area contributed by atoms with E-state index >= 15 is 0 Å². The molecule has 5 heteroatoms. The Labute approximate surface area is 187 Å². The van der Waals surface area contributed by atoms with Gasteiger partial charge in [-0.25, -0.2) is 0 Å². The van der Waals surface area contributed by atoms with E-state index in [1.54, 1.807) is 17.7 Å². The van der Waals surface area contributed by atoms with Gasteiger partial charge in [0.1, 0.15) is 4.66 Å². The minimum absolute atomic E-state index is 0.0123. The first kappa shape index (κ1) is 22.8. The van der Waals surface area contributed by atoms with Gasteiger partial charge in [-0.2, -0.15) is 0 Å². The summed E-state index contributed by atoms with van der Waals surface area (Å²) in [7, 11) is 1.71. The van der Waals surface area contributed by atoms with Crippen LogP contribution in [0.3, 0.4) is 0 Å². The summed E-state index contributed by atoms with van der Waals surface area (Å²) in [6.45, 7) is 9.54. The summed E-state index contributed by atoms with van der Waals surface area (Å²) in [6.07, 6.45) is 3.47. The fraction of sp³-hybridized carbons (Fsp3) is 0.308. The molecule has 0 radical (unpaired) electrons. The van der Waals surface area contributed by atoms with Gasteiger partial charge in [0, 0.05) is 37.3 Å². The molecule has 0 spiro atoms. The number of carbonyl (C=O) groups is 1. The van der Waals surface area contributed by atoms with Crippen LogP contribution < -0.4 is 19.7 Å². The Hall–Kier alpha value is -2.92. The number of hydrogen-bond acceptors (Lipinski definition) is 4. The molecule has 0 aliphatic carbocycles. The van der Waals surface area contributed by atoms with Crippen LogP contribution in [0, 0.1) is 5.41 Å². The number of hydrogen-bond donors (Lipinski definition) is 0. The van der Waals surface area contributed by atoms with Crippen molar-refractivity contribution in [2.45, 2.75) is 34.2 Å². The van der Waals surface area contributed by atoms with Gasteiger partial charge in [0.15, 0.2) is 5.78 Å². The van der Waals surface area contributed by atoms with Crippen molar-refractivity contribution in [2.24, 2.45) is 12.5 Å². The van der Waals surface area contributed by atoms with Gasteiger partial charge in [0.2, 0.25) is 0 Å². The molecule has 4 nitrogen and oxygen atoms in total. The van der Waals surface area contributed by atoms with Crippen molar-refractivity contribution in [1.82, 2.24) is 4.57 Å². The third-order valence-electron chi connectivity index (χ3n) is 5.21. The molecule has 3 rings (SSSR count). The molecule has 0 saturated heterocycles. The zero-order valence-electron chi connectivity index (χ0n) is 18.9. The molecule has 2 aromatic carbocycles. The summed E-state index contributed by atoms with van der Waals surface area (Å²) in [5, 5.41) is 0. The van der Waals surface area contributed by atoms with Gasteiger partial charge in [-0.3, -0.25) is 9.59 Å². The highest BCUT2D eigenvalue weighted by Crippen LogP contribution is 2.18. The number of rotatable bonds is 6. The van der Waals surface area contributed by atoms with Crippen LogP contribution in [0.2, 0.25) is 0 Å². The lowest BCUT2D eigenvalue weighted by molar-refractivity contribution is -0.120. The third kappa shape index (κ3) is 5.61.